The Labute approximate surface area is 256 Å². The van der Waals surface area contributed by atoms with Crippen molar-refractivity contribution in [2.24, 2.45) is 0 Å². The molecular formula is C33H51N3O3S2. The van der Waals surface area contributed by atoms with Gasteiger partial charge in [-0.15, -0.1) is 11.8 Å². The lowest BCUT2D eigenvalue weighted by molar-refractivity contribution is -0.121. The van der Waals surface area contributed by atoms with Crippen molar-refractivity contribution in [3.05, 3.63) is 52.4 Å². The molecule has 0 aliphatic carbocycles. The van der Waals surface area contributed by atoms with E-state index >= 15 is 0 Å². The number of allylic oxidation sites excluding steroid dienone is 3. The molecule has 0 bridgehead atoms. The summed E-state index contributed by atoms with van der Waals surface area (Å²) >= 11 is -0.165. The lowest BCUT2D eigenvalue weighted by Crippen LogP contribution is -2.26. The van der Waals surface area contributed by atoms with E-state index in [1.54, 1.807) is 42.1 Å². The van der Waals surface area contributed by atoms with Gasteiger partial charge in [-0.25, -0.2) is 4.21 Å². The van der Waals surface area contributed by atoms with Crippen LogP contribution in [0.3, 0.4) is 0 Å². The number of nitriles is 1. The van der Waals surface area contributed by atoms with Crippen molar-refractivity contribution in [1.82, 2.24) is 10.2 Å². The van der Waals surface area contributed by atoms with Crippen LogP contribution in [-0.2, 0) is 15.9 Å². The van der Waals surface area contributed by atoms with Crippen LogP contribution in [0.5, 0.6) is 5.75 Å². The molecule has 1 fully saturated rings. The van der Waals surface area contributed by atoms with E-state index in [9.17, 15) is 14.3 Å². The zero-order valence-corrected chi connectivity index (χ0v) is 26.8. The molecule has 8 heteroatoms. The number of rotatable bonds is 23. The second kappa shape index (κ2) is 23.3. The Hall–Kier alpha value is -2.24. The number of nitrogens with zero attached hydrogens (tertiary/aromatic N) is 2. The number of unbranched alkanes of at least 4 members (excludes halogenated alkanes) is 13. The van der Waals surface area contributed by atoms with Gasteiger partial charge in [-0.3, -0.25) is 4.79 Å². The third-order valence-electron chi connectivity index (χ3n) is 7.19. The van der Waals surface area contributed by atoms with Gasteiger partial charge in [0.15, 0.2) is 4.91 Å². The van der Waals surface area contributed by atoms with E-state index in [1.165, 1.54) is 83.5 Å². The Balaban J connectivity index is 1.51. The van der Waals surface area contributed by atoms with E-state index in [4.69, 9.17) is 4.18 Å². The second-order valence-electron chi connectivity index (χ2n) is 10.7. The molecule has 1 aromatic rings. The molecule has 6 nitrogen and oxygen atoms in total. The highest BCUT2D eigenvalue weighted by Gasteiger charge is 2.18. The number of nitrogens with one attached hydrogen (secondary N) is 1. The lowest BCUT2D eigenvalue weighted by atomic mass is 10.0. The maximum absolute atomic E-state index is 12.4. The molecule has 1 aliphatic rings. The average Bonchev–Trinajstić information content (AvgIpc) is 3.43. The molecule has 0 radical (unpaired) electrons. The predicted molar refractivity (Wildman–Crippen MR) is 174 cm³/mol. The zero-order valence-electron chi connectivity index (χ0n) is 25.1. The van der Waals surface area contributed by atoms with Crippen LogP contribution in [0.25, 0.3) is 0 Å². The topological polar surface area (TPSA) is 82.4 Å². The van der Waals surface area contributed by atoms with Crippen LogP contribution in [0.2, 0.25) is 0 Å². The van der Waals surface area contributed by atoms with Gasteiger partial charge in [0.25, 0.3) is 11.1 Å². The molecule has 1 aromatic carbocycles. The first-order valence-electron chi connectivity index (χ1n) is 15.8. The van der Waals surface area contributed by atoms with Gasteiger partial charge >= 0.3 is 0 Å². The molecule has 1 amide bonds. The predicted octanol–water partition coefficient (Wildman–Crippen LogP) is 8.40. The number of carbonyl (C=O) groups excluding carboxylic acids is 1. The quantitative estimate of drug-likeness (QED) is 0.100. The van der Waals surface area contributed by atoms with Crippen LogP contribution >= 0.6 is 11.8 Å². The fourth-order valence-electron chi connectivity index (χ4n) is 4.79. The van der Waals surface area contributed by atoms with Crippen molar-refractivity contribution in [3.8, 4) is 11.8 Å². The van der Waals surface area contributed by atoms with E-state index < -0.39 is 11.1 Å². The number of thioether (sulfide) groups is 1. The summed E-state index contributed by atoms with van der Waals surface area (Å²) in [6.45, 7) is 4.72. The number of para-hydroxylation sites is 1. The summed E-state index contributed by atoms with van der Waals surface area (Å²) < 4.78 is 17.8. The fourth-order valence-corrected chi connectivity index (χ4v) is 6.47. The van der Waals surface area contributed by atoms with E-state index in [1.807, 2.05) is 18.2 Å². The van der Waals surface area contributed by atoms with Crippen LogP contribution in [0, 0.1) is 11.3 Å². The van der Waals surface area contributed by atoms with Crippen molar-refractivity contribution < 1.29 is 13.2 Å². The van der Waals surface area contributed by atoms with Gasteiger partial charge in [-0.1, -0.05) is 109 Å². The number of benzene rings is 1. The molecule has 1 aliphatic heterocycles. The van der Waals surface area contributed by atoms with Gasteiger partial charge in [-0.05, 0) is 37.1 Å². The standard InChI is InChI=1S/C33H51N3O3S2/c1-2-3-4-5-6-7-8-9-10-11-12-13-14-18-25-35-32(37)22-19-26-36-27-28-40-33(36)24-23-31(29-34)41(38)39-30-20-16-15-17-21-30/h15-17,20-21,23-24H,2-14,18-19,22,25-28H2,1H3,(H,35,37)/b31-23+,33-24-. The van der Waals surface area contributed by atoms with E-state index in [0.717, 1.165) is 43.3 Å². The Morgan fingerprint density at radius 3 is 2.20 bits per heavy atom. The smallest absolute Gasteiger partial charge is 0.251 e. The molecule has 0 spiro atoms. The highest BCUT2D eigenvalue weighted by atomic mass is 32.2. The molecule has 0 aromatic heterocycles. The molecular weight excluding hydrogens is 551 g/mol. The minimum Gasteiger partial charge on any atom is -0.396 e. The zero-order chi connectivity index (χ0) is 29.4. The first-order chi connectivity index (χ1) is 20.1. The van der Waals surface area contributed by atoms with Crippen molar-refractivity contribution >= 4 is 28.7 Å². The summed E-state index contributed by atoms with van der Waals surface area (Å²) in [7, 11) is 0. The SMILES string of the molecule is CCCCCCCCCCCCCCCCNC(=O)CCCN1CCS/C1=C\C=C(/C#N)S(=O)Oc1ccccc1. The van der Waals surface area contributed by atoms with E-state index in [-0.39, 0.29) is 10.8 Å². The highest BCUT2D eigenvalue weighted by molar-refractivity contribution is 8.03. The lowest BCUT2D eigenvalue weighted by Gasteiger charge is -2.18. The van der Waals surface area contributed by atoms with Crippen LogP contribution in [0.15, 0.2) is 52.4 Å². The monoisotopic (exact) mass is 601 g/mol. The Morgan fingerprint density at radius 2 is 1.59 bits per heavy atom. The normalized spacial score (nSPS) is 15.2. The summed E-state index contributed by atoms with van der Waals surface area (Å²) in [5.41, 5.74) is 0. The first kappa shape index (κ1) is 35.0. The van der Waals surface area contributed by atoms with Crippen LogP contribution in [0.1, 0.15) is 110 Å². The van der Waals surface area contributed by atoms with Gasteiger partial charge in [0, 0.05) is 31.8 Å². The molecule has 2 rings (SSSR count). The van der Waals surface area contributed by atoms with Crippen LogP contribution in [-0.4, -0.2) is 40.4 Å². The summed E-state index contributed by atoms with van der Waals surface area (Å²) in [5.74, 6) is 1.53. The second-order valence-corrected chi connectivity index (χ2v) is 12.9. The molecule has 1 N–H and O–H groups in total. The maximum atomic E-state index is 12.4. The van der Waals surface area contributed by atoms with E-state index in [0.29, 0.717) is 12.2 Å². The highest BCUT2D eigenvalue weighted by Crippen LogP contribution is 2.28. The molecule has 1 saturated heterocycles. The van der Waals surface area contributed by atoms with Crippen molar-refractivity contribution in [3.63, 3.8) is 0 Å². The number of hydrogen-bond donors (Lipinski definition) is 1. The molecule has 0 saturated carbocycles. The van der Waals surface area contributed by atoms with Gasteiger partial charge in [0.1, 0.15) is 11.8 Å². The largest absolute Gasteiger partial charge is 0.396 e. The third kappa shape index (κ3) is 16.7. The van der Waals surface area contributed by atoms with E-state index in [2.05, 4.69) is 17.1 Å². The molecule has 41 heavy (non-hydrogen) atoms. The Bertz CT molecular complexity index is 976. The maximum Gasteiger partial charge on any atom is 0.251 e. The number of carbonyl (C=O) groups is 1. The molecule has 228 valence electrons. The number of hydrogen-bond acceptors (Lipinski definition) is 6. The third-order valence-corrected chi connectivity index (χ3v) is 9.20. The minimum absolute atomic E-state index is 0.0664. The van der Waals surface area contributed by atoms with Gasteiger partial charge in [0.2, 0.25) is 5.91 Å². The average molecular weight is 602 g/mol. The summed E-state index contributed by atoms with van der Waals surface area (Å²) in [6, 6.07) is 10.8. The van der Waals surface area contributed by atoms with Crippen LogP contribution < -0.4 is 9.50 Å². The Kier molecular flexibility index (Phi) is 19.9. The number of amides is 1. The molecule has 1 heterocycles. The van der Waals surface area contributed by atoms with Gasteiger partial charge in [-0.2, -0.15) is 5.26 Å². The first-order valence-corrected chi connectivity index (χ1v) is 17.8. The minimum atomic E-state index is -1.87. The summed E-state index contributed by atoms with van der Waals surface area (Å²) in [6.07, 6.45) is 23.4. The van der Waals surface area contributed by atoms with Gasteiger partial charge < -0.3 is 14.4 Å². The Morgan fingerprint density at radius 1 is 0.976 bits per heavy atom. The van der Waals surface area contributed by atoms with Crippen molar-refractivity contribution in [2.45, 2.75) is 110 Å². The van der Waals surface area contributed by atoms with Crippen LogP contribution in [0.4, 0.5) is 0 Å². The van der Waals surface area contributed by atoms with Crippen molar-refractivity contribution in [2.75, 3.05) is 25.4 Å². The summed E-state index contributed by atoms with van der Waals surface area (Å²) in [4.78, 5) is 14.6. The van der Waals surface area contributed by atoms with Crippen molar-refractivity contribution in [1.29, 1.82) is 5.26 Å². The molecule has 1 atom stereocenters. The molecule has 1 unspecified atom stereocenters. The van der Waals surface area contributed by atoms with Gasteiger partial charge in [0.05, 0.1) is 5.03 Å². The summed E-state index contributed by atoms with van der Waals surface area (Å²) in [5, 5.41) is 13.5. The fraction of sp³-hybridized carbons (Fsp3) is 0.636.